The van der Waals surface area contributed by atoms with Crippen LogP contribution in [0.2, 0.25) is 5.02 Å². The van der Waals surface area contributed by atoms with Crippen molar-refractivity contribution < 1.29 is 9.50 Å². The van der Waals surface area contributed by atoms with E-state index in [2.05, 4.69) is 0 Å². The third kappa shape index (κ3) is 1.06. The zero-order chi connectivity index (χ0) is 8.72. The van der Waals surface area contributed by atoms with Gasteiger partial charge in [0, 0.05) is 10.4 Å². The quantitative estimate of drug-likeness (QED) is 0.694. The predicted molar refractivity (Wildman–Crippen MR) is 48.5 cm³/mol. The molecule has 0 aliphatic carbocycles. The Hall–Kier alpha value is -0.800. The summed E-state index contributed by atoms with van der Waals surface area (Å²) in [6.45, 7) is 0. The molecule has 0 atom stereocenters. The average molecular weight is 203 g/mol. The number of phenols is 1. The lowest BCUT2D eigenvalue weighted by Crippen LogP contribution is -1.67. The zero-order valence-electron chi connectivity index (χ0n) is 5.84. The van der Waals surface area contributed by atoms with Crippen molar-refractivity contribution >= 4 is 33.0 Å². The standard InChI is InChI=1S/C8H4ClFOS/c9-5-1-2-6(11)8-4(5)3-7(10)12-8/h1-3,11H. The largest absolute Gasteiger partial charge is 0.506 e. The molecule has 4 heteroatoms. The Bertz CT molecular complexity index is 399. The highest BCUT2D eigenvalue weighted by molar-refractivity contribution is 7.18. The number of benzene rings is 1. The van der Waals surface area contributed by atoms with Crippen molar-refractivity contribution in [2.24, 2.45) is 0 Å². The minimum absolute atomic E-state index is 0.0725. The third-order valence-corrected chi connectivity index (χ3v) is 2.86. The summed E-state index contributed by atoms with van der Waals surface area (Å²) in [5, 5.41) is 9.98. The number of halogens is 2. The molecule has 0 saturated carbocycles. The molecule has 0 spiro atoms. The summed E-state index contributed by atoms with van der Waals surface area (Å²) in [5.74, 6) is 0.0725. The minimum atomic E-state index is -0.339. The van der Waals surface area contributed by atoms with E-state index in [4.69, 9.17) is 11.6 Å². The number of hydrogen-bond acceptors (Lipinski definition) is 2. The molecule has 0 radical (unpaired) electrons. The number of rotatable bonds is 0. The van der Waals surface area contributed by atoms with Gasteiger partial charge in [0.25, 0.3) is 0 Å². The Kier molecular flexibility index (Phi) is 1.70. The molecule has 0 amide bonds. The van der Waals surface area contributed by atoms with Crippen LogP contribution in [0.25, 0.3) is 10.1 Å². The van der Waals surface area contributed by atoms with Gasteiger partial charge in [0.2, 0.25) is 0 Å². The van der Waals surface area contributed by atoms with Gasteiger partial charge < -0.3 is 5.11 Å². The highest BCUT2D eigenvalue weighted by atomic mass is 35.5. The number of aromatic hydroxyl groups is 1. The van der Waals surface area contributed by atoms with Crippen LogP contribution in [-0.4, -0.2) is 5.11 Å². The van der Waals surface area contributed by atoms with E-state index >= 15 is 0 Å². The van der Waals surface area contributed by atoms with Crippen molar-refractivity contribution in [2.45, 2.75) is 0 Å². The number of fused-ring (bicyclic) bond motifs is 1. The van der Waals surface area contributed by atoms with Gasteiger partial charge in [-0.15, -0.1) is 11.3 Å². The van der Waals surface area contributed by atoms with Gasteiger partial charge in [0.15, 0.2) is 5.13 Å². The highest BCUT2D eigenvalue weighted by Crippen LogP contribution is 2.36. The molecular weight excluding hydrogens is 199 g/mol. The van der Waals surface area contributed by atoms with E-state index in [0.29, 0.717) is 15.1 Å². The number of hydrogen-bond donors (Lipinski definition) is 1. The molecule has 2 rings (SSSR count). The van der Waals surface area contributed by atoms with E-state index in [9.17, 15) is 9.50 Å². The summed E-state index contributed by atoms with van der Waals surface area (Å²) in [6, 6.07) is 4.33. The van der Waals surface area contributed by atoms with Crippen molar-refractivity contribution in [1.82, 2.24) is 0 Å². The fourth-order valence-electron chi connectivity index (χ4n) is 1.05. The van der Waals surface area contributed by atoms with E-state index in [1.54, 1.807) is 6.07 Å². The van der Waals surface area contributed by atoms with E-state index in [1.807, 2.05) is 0 Å². The monoisotopic (exact) mass is 202 g/mol. The fourth-order valence-corrected chi connectivity index (χ4v) is 2.14. The second-order valence-electron chi connectivity index (χ2n) is 2.36. The van der Waals surface area contributed by atoms with Crippen LogP contribution in [0, 0.1) is 5.13 Å². The maximum Gasteiger partial charge on any atom is 0.177 e. The second kappa shape index (κ2) is 2.61. The Morgan fingerprint density at radius 2 is 2.17 bits per heavy atom. The fraction of sp³-hybridized carbons (Fsp3) is 0. The van der Waals surface area contributed by atoms with Crippen molar-refractivity contribution in [3.8, 4) is 5.75 Å². The molecule has 0 saturated heterocycles. The van der Waals surface area contributed by atoms with Gasteiger partial charge in [0.1, 0.15) is 5.75 Å². The van der Waals surface area contributed by atoms with Crippen molar-refractivity contribution in [2.75, 3.05) is 0 Å². The molecule has 1 N–H and O–H groups in total. The lowest BCUT2D eigenvalue weighted by Gasteiger charge is -1.94. The van der Waals surface area contributed by atoms with Crippen LogP contribution in [0.3, 0.4) is 0 Å². The molecule has 1 aromatic carbocycles. The molecule has 1 heterocycles. The molecule has 0 unspecified atom stereocenters. The molecule has 2 aromatic rings. The average Bonchev–Trinajstić information content (AvgIpc) is 2.41. The zero-order valence-corrected chi connectivity index (χ0v) is 7.42. The van der Waals surface area contributed by atoms with Crippen molar-refractivity contribution in [3.05, 3.63) is 28.4 Å². The third-order valence-electron chi connectivity index (χ3n) is 1.58. The van der Waals surface area contributed by atoms with E-state index < -0.39 is 0 Å². The summed E-state index contributed by atoms with van der Waals surface area (Å²) < 4.78 is 13.2. The van der Waals surface area contributed by atoms with Gasteiger partial charge >= 0.3 is 0 Å². The number of thiophene rings is 1. The first kappa shape index (κ1) is 7.83. The SMILES string of the molecule is Oc1ccc(Cl)c2cc(F)sc12. The van der Waals surface area contributed by atoms with Crippen LogP contribution in [0.15, 0.2) is 18.2 Å². The van der Waals surface area contributed by atoms with Crippen LogP contribution in [0.4, 0.5) is 4.39 Å². The van der Waals surface area contributed by atoms with Gasteiger partial charge in [-0.1, -0.05) is 11.6 Å². The topological polar surface area (TPSA) is 20.2 Å². The molecule has 1 aromatic heterocycles. The Balaban J connectivity index is 2.93. The number of phenolic OH excluding ortho intramolecular Hbond substituents is 1. The van der Waals surface area contributed by atoms with Crippen molar-refractivity contribution in [3.63, 3.8) is 0 Å². The van der Waals surface area contributed by atoms with E-state index in [1.165, 1.54) is 12.1 Å². The van der Waals surface area contributed by atoms with E-state index in [0.717, 1.165) is 11.3 Å². The van der Waals surface area contributed by atoms with Crippen LogP contribution in [0.1, 0.15) is 0 Å². The summed E-state index contributed by atoms with van der Waals surface area (Å²) in [5.41, 5.74) is 0. The van der Waals surface area contributed by atoms with Crippen LogP contribution < -0.4 is 0 Å². The van der Waals surface area contributed by atoms with Gasteiger partial charge in [-0.2, -0.15) is 4.39 Å². The van der Waals surface area contributed by atoms with Gasteiger partial charge in [0.05, 0.1) is 4.70 Å². The summed E-state index contributed by atoms with van der Waals surface area (Å²) in [4.78, 5) is 0. The summed E-state index contributed by atoms with van der Waals surface area (Å²) >= 11 is 6.66. The van der Waals surface area contributed by atoms with Crippen molar-refractivity contribution in [1.29, 1.82) is 0 Å². The van der Waals surface area contributed by atoms with Gasteiger partial charge in [-0.25, -0.2) is 0 Å². The first-order valence-corrected chi connectivity index (χ1v) is 4.44. The van der Waals surface area contributed by atoms with Crippen LogP contribution in [-0.2, 0) is 0 Å². The molecule has 62 valence electrons. The molecule has 0 fully saturated rings. The maximum atomic E-state index is 12.7. The molecule has 0 bridgehead atoms. The lowest BCUT2D eigenvalue weighted by atomic mass is 10.2. The predicted octanol–water partition coefficient (Wildman–Crippen LogP) is 3.40. The van der Waals surface area contributed by atoms with E-state index in [-0.39, 0.29) is 10.9 Å². The Morgan fingerprint density at radius 3 is 2.83 bits per heavy atom. The smallest absolute Gasteiger partial charge is 0.177 e. The molecule has 1 nitrogen and oxygen atoms in total. The molecule has 0 aliphatic heterocycles. The normalized spacial score (nSPS) is 10.8. The maximum absolute atomic E-state index is 12.7. The van der Waals surface area contributed by atoms with Crippen LogP contribution >= 0.6 is 22.9 Å². The Labute approximate surface area is 77.0 Å². The minimum Gasteiger partial charge on any atom is -0.506 e. The summed E-state index contributed by atoms with van der Waals surface area (Å²) in [7, 11) is 0. The first-order chi connectivity index (χ1) is 5.68. The van der Waals surface area contributed by atoms with Crippen LogP contribution in [0.5, 0.6) is 5.75 Å². The lowest BCUT2D eigenvalue weighted by molar-refractivity contribution is 0.482. The molecule has 0 aliphatic rings. The highest BCUT2D eigenvalue weighted by Gasteiger charge is 2.08. The summed E-state index contributed by atoms with van der Waals surface area (Å²) in [6.07, 6.45) is 0. The molecular formula is C8H4ClFOS. The second-order valence-corrected chi connectivity index (χ2v) is 3.77. The first-order valence-electron chi connectivity index (χ1n) is 3.25. The van der Waals surface area contributed by atoms with Gasteiger partial charge in [-0.3, -0.25) is 0 Å². The molecule has 12 heavy (non-hydrogen) atoms. The Morgan fingerprint density at radius 1 is 1.42 bits per heavy atom. The van der Waals surface area contributed by atoms with Gasteiger partial charge in [-0.05, 0) is 18.2 Å².